The Bertz CT molecular complexity index is 1180. The molecule has 2 aromatic rings. The number of carbonyl (C=O) groups excluding carboxylic acids is 2. The van der Waals surface area contributed by atoms with Crippen molar-refractivity contribution in [1.29, 1.82) is 0 Å². The third-order valence-electron chi connectivity index (χ3n) is 6.16. The van der Waals surface area contributed by atoms with Crippen LogP contribution in [0.2, 0.25) is 0 Å². The van der Waals surface area contributed by atoms with Crippen LogP contribution in [0.25, 0.3) is 0 Å². The summed E-state index contributed by atoms with van der Waals surface area (Å²) in [4.78, 5) is 28.4. The van der Waals surface area contributed by atoms with Gasteiger partial charge in [0.25, 0.3) is 0 Å². The molecule has 0 saturated carbocycles. The molecule has 0 aliphatic heterocycles. The van der Waals surface area contributed by atoms with Crippen LogP contribution in [0.5, 0.6) is 11.5 Å². The number of nitrogens with zero attached hydrogens (tertiary/aromatic N) is 2. The molecule has 0 saturated heterocycles. The van der Waals surface area contributed by atoms with E-state index in [1.807, 2.05) is 52.0 Å². The number of nitrogens with one attached hydrogen (secondary N) is 1. The summed E-state index contributed by atoms with van der Waals surface area (Å²) >= 11 is 0. The summed E-state index contributed by atoms with van der Waals surface area (Å²) in [6, 6.07) is 11.5. The number of ether oxygens (including phenoxy) is 2. The first-order chi connectivity index (χ1) is 17.4. The summed E-state index contributed by atoms with van der Waals surface area (Å²) in [5.41, 5.74) is 2.12. The Morgan fingerprint density at radius 2 is 1.68 bits per heavy atom. The number of carbonyl (C=O) groups is 2. The lowest BCUT2D eigenvalue weighted by molar-refractivity contribution is -0.140. The lowest BCUT2D eigenvalue weighted by Crippen LogP contribution is -2.53. The summed E-state index contributed by atoms with van der Waals surface area (Å²) in [7, 11) is -0.930. The zero-order valence-electron chi connectivity index (χ0n) is 22.8. The quantitative estimate of drug-likeness (QED) is 0.423. The Hall–Kier alpha value is -3.27. The van der Waals surface area contributed by atoms with Crippen molar-refractivity contribution in [3.05, 3.63) is 53.6 Å². The highest BCUT2D eigenvalue weighted by atomic mass is 32.2. The van der Waals surface area contributed by atoms with Gasteiger partial charge in [0, 0.05) is 18.7 Å². The van der Waals surface area contributed by atoms with Crippen LogP contribution in [-0.2, 0) is 26.2 Å². The standard InChI is InChI=1S/C27H39N3O6S/c1-8-20(4)28-27(32)23(9-2)29(17-21-12-10-11-19(3)15-21)26(31)18-30(37(7,33)34)22-13-14-24(35-5)25(16-22)36-6/h10-16,20,23H,8-9,17-18H2,1-7H3,(H,28,32). The van der Waals surface area contributed by atoms with Crippen molar-refractivity contribution in [2.45, 2.75) is 59.2 Å². The fourth-order valence-electron chi connectivity index (χ4n) is 3.96. The molecule has 2 aromatic carbocycles. The van der Waals surface area contributed by atoms with Gasteiger partial charge in [-0.15, -0.1) is 0 Å². The molecular weight excluding hydrogens is 494 g/mol. The van der Waals surface area contributed by atoms with Crippen LogP contribution in [0, 0.1) is 6.92 Å². The number of amides is 2. The molecule has 0 fully saturated rings. The summed E-state index contributed by atoms with van der Waals surface area (Å²) < 4.78 is 37.2. The molecule has 0 spiro atoms. The second-order valence-electron chi connectivity index (χ2n) is 9.06. The van der Waals surface area contributed by atoms with E-state index in [-0.39, 0.29) is 24.2 Å². The molecule has 0 heterocycles. The second-order valence-corrected chi connectivity index (χ2v) is 11.0. The van der Waals surface area contributed by atoms with Gasteiger partial charge in [0.15, 0.2) is 11.5 Å². The maximum atomic E-state index is 13.8. The normalized spacial score (nSPS) is 12.8. The molecule has 37 heavy (non-hydrogen) atoms. The van der Waals surface area contributed by atoms with Crippen LogP contribution >= 0.6 is 0 Å². The Morgan fingerprint density at radius 1 is 1.00 bits per heavy atom. The number of hydrogen-bond acceptors (Lipinski definition) is 6. The van der Waals surface area contributed by atoms with Gasteiger partial charge < -0.3 is 19.7 Å². The lowest BCUT2D eigenvalue weighted by atomic mass is 10.1. The minimum absolute atomic E-state index is 0.0586. The van der Waals surface area contributed by atoms with Gasteiger partial charge in [-0.25, -0.2) is 8.42 Å². The van der Waals surface area contributed by atoms with Gasteiger partial charge in [-0.2, -0.15) is 0 Å². The molecule has 1 N–H and O–H groups in total. The molecule has 2 atom stereocenters. The van der Waals surface area contributed by atoms with Gasteiger partial charge in [0.2, 0.25) is 21.8 Å². The van der Waals surface area contributed by atoms with Crippen LogP contribution < -0.4 is 19.1 Å². The first-order valence-corrected chi connectivity index (χ1v) is 14.1. The average Bonchev–Trinajstić information content (AvgIpc) is 2.85. The number of aryl methyl sites for hydroxylation is 1. The van der Waals surface area contributed by atoms with Crippen molar-refractivity contribution in [2.24, 2.45) is 0 Å². The third-order valence-corrected chi connectivity index (χ3v) is 7.30. The van der Waals surface area contributed by atoms with Crippen LogP contribution in [0.4, 0.5) is 5.69 Å². The van der Waals surface area contributed by atoms with Gasteiger partial charge in [-0.3, -0.25) is 13.9 Å². The van der Waals surface area contributed by atoms with Crippen molar-refractivity contribution in [1.82, 2.24) is 10.2 Å². The molecule has 0 aliphatic carbocycles. The fourth-order valence-corrected chi connectivity index (χ4v) is 4.80. The van der Waals surface area contributed by atoms with E-state index in [1.165, 1.54) is 25.2 Å². The van der Waals surface area contributed by atoms with E-state index in [0.717, 1.165) is 28.1 Å². The predicted molar refractivity (Wildman–Crippen MR) is 145 cm³/mol. The molecule has 2 rings (SSSR count). The summed E-state index contributed by atoms with van der Waals surface area (Å²) in [6.45, 7) is 7.34. The van der Waals surface area contributed by atoms with E-state index in [4.69, 9.17) is 9.47 Å². The largest absolute Gasteiger partial charge is 0.493 e. The van der Waals surface area contributed by atoms with E-state index in [1.54, 1.807) is 12.1 Å². The molecule has 9 nitrogen and oxygen atoms in total. The molecule has 2 unspecified atom stereocenters. The highest BCUT2D eigenvalue weighted by molar-refractivity contribution is 7.92. The van der Waals surface area contributed by atoms with Crippen molar-refractivity contribution in [3.63, 3.8) is 0 Å². The topological polar surface area (TPSA) is 105 Å². The fraction of sp³-hybridized carbons (Fsp3) is 0.481. The number of hydrogen-bond donors (Lipinski definition) is 1. The first-order valence-electron chi connectivity index (χ1n) is 12.3. The summed E-state index contributed by atoms with van der Waals surface area (Å²) in [5, 5.41) is 2.96. The number of benzene rings is 2. The Morgan fingerprint density at radius 3 is 2.22 bits per heavy atom. The van der Waals surface area contributed by atoms with Gasteiger partial charge in [0.1, 0.15) is 12.6 Å². The highest BCUT2D eigenvalue weighted by Gasteiger charge is 2.32. The van der Waals surface area contributed by atoms with E-state index in [2.05, 4.69) is 5.32 Å². The molecule has 0 radical (unpaired) electrons. The predicted octanol–water partition coefficient (Wildman–Crippen LogP) is 3.50. The van der Waals surface area contributed by atoms with Crippen LogP contribution in [-0.4, -0.2) is 64.2 Å². The van der Waals surface area contributed by atoms with E-state index < -0.39 is 28.5 Å². The Kier molecular flexibility index (Phi) is 10.8. The Labute approximate surface area is 220 Å². The zero-order chi connectivity index (χ0) is 27.8. The van der Waals surface area contributed by atoms with Gasteiger partial charge in [-0.05, 0) is 44.4 Å². The molecule has 10 heteroatoms. The van der Waals surface area contributed by atoms with Crippen molar-refractivity contribution < 1.29 is 27.5 Å². The zero-order valence-corrected chi connectivity index (χ0v) is 23.6. The van der Waals surface area contributed by atoms with Crippen LogP contribution in [0.15, 0.2) is 42.5 Å². The van der Waals surface area contributed by atoms with Gasteiger partial charge in [-0.1, -0.05) is 43.7 Å². The van der Waals surface area contributed by atoms with Crippen LogP contribution in [0.1, 0.15) is 44.7 Å². The Balaban J connectivity index is 2.49. The highest BCUT2D eigenvalue weighted by Crippen LogP contribution is 2.32. The number of anilines is 1. The molecule has 0 aromatic heterocycles. The lowest BCUT2D eigenvalue weighted by Gasteiger charge is -2.33. The third kappa shape index (κ3) is 8.11. The molecular formula is C27H39N3O6S. The monoisotopic (exact) mass is 533 g/mol. The van der Waals surface area contributed by atoms with E-state index >= 15 is 0 Å². The smallest absolute Gasteiger partial charge is 0.244 e. The molecule has 0 aliphatic rings. The maximum Gasteiger partial charge on any atom is 0.244 e. The maximum absolute atomic E-state index is 13.8. The summed E-state index contributed by atoms with van der Waals surface area (Å²) in [6.07, 6.45) is 2.15. The van der Waals surface area contributed by atoms with Gasteiger partial charge in [0.05, 0.1) is 26.2 Å². The molecule has 0 bridgehead atoms. The number of rotatable bonds is 13. The molecule has 2 amide bonds. The number of sulfonamides is 1. The van der Waals surface area contributed by atoms with Crippen molar-refractivity contribution >= 4 is 27.5 Å². The second kappa shape index (κ2) is 13.3. The van der Waals surface area contributed by atoms with Crippen molar-refractivity contribution in [2.75, 3.05) is 31.3 Å². The SMILES string of the molecule is CCC(C)NC(=O)C(CC)N(Cc1cccc(C)c1)C(=O)CN(c1ccc(OC)c(OC)c1)S(C)(=O)=O. The summed E-state index contributed by atoms with van der Waals surface area (Å²) in [5.74, 6) is -0.000289. The van der Waals surface area contributed by atoms with Crippen LogP contribution in [0.3, 0.4) is 0 Å². The first kappa shape index (κ1) is 30.0. The minimum atomic E-state index is -3.86. The van der Waals surface area contributed by atoms with Crippen molar-refractivity contribution in [3.8, 4) is 11.5 Å². The van der Waals surface area contributed by atoms with Gasteiger partial charge >= 0.3 is 0 Å². The van der Waals surface area contributed by atoms with E-state index in [0.29, 0.717) is 17.9 Å². The number of methoxy groups -OCH3 is 2. The molecule has 204 valence electrons. The van der Waals surface area contributed by atoms with E-state index in [9.17, 15) is 18.0 Å². The average molecular weight is 534 g/mol. The minimum Gasteiger partial charge on any atom is -0.493 e.